The number of aryl methyl sites for hydroxylation is 1. The molecule has 0 bridgehead atoms. The first-order valence-corrected chi connectivity index (χ1v) is 10.7. The van der Waals surface area contributed by atoms with Crippen molar-refractivity contribution in [2.24, 2.45) is 0 Å². The summed E-state index contributed by atoms with van der Waals surface area (Å²) in [6.45, 7) is 5.86. The smallest absolute Gasteiger partial charge is 0.230 e. The van der Waals surface area contributed by atoms with Gasteiger partial charge in [-0.05, 0) is 40.0 Å². The first kappa shape index (κ1) is 16.8. The predicted molar refractivity (Wildman–Crippen MR) is 90.5 cm³/mol. The predicted octanol–water partition coefficient (Wildman–Crippen LogP) is 1.62. The average molecular weight is 358 g/mol. The highest BCUT2D eigenvalue weighted by atomic mass is 32.2. The van der Waals surface area contributed by atoms with Crippen LogP contribution in [0.3, 0.4) is 0 Å². The highest BCUT2D eigenvalue weighted by Crippen LogP contribution is 2.39. The van der Waals surface area contributed by atoms with Crippen LogP contribution < -0.4 is 5.32 Å². The van der Waals surface area contributed by atoms with E-state index in [1.54, 1.807) is 6.92 Å². The van der Waals surface area contributed by atoms with E-state index >= 15 is 0 Å². The maximum absolute atomic E-state index is 12.2. The summed E-state index contributed by atoms with van der Waals surface area (Å²) in [5.74, 6) is 0.320. The van der Waals surface area contributed by atoms with Crippen LogP contribution in [0.15, 0.2) is 5.16 Å². The summed E-state index contributed by atoms with van der Waals surface area (Å²) in [4.78, 5) is 16.8. The van der Waals surface area contributed by atoms with E-state index in [4.69, 9.17) is 0 Å². The molecule has 3 rings (SSSR count). The van der Waals surface area contributed by atoms with Crippen molar-refractivity contribution in [3.05, 3.63) is 11.4 Å². The fraction of sp³-hybridized carbons (Fsp3) is 0.733. The summed E-state index contributed by atoms with van der Waals surface area (Å²) < 4.78 is 25.4. The summed E-state index contributed by atoms with van der Waals surface area (Å²) in [6, 6.07) is 0.527. The van der Waals surface area contributed by atoms with Gasteiger partial charge in [-0.1, -0.05) is 11.8 Å². The van der Waals surface area contributed by atoms with Crippen molar-refractivity contribution < 1.29 is 13.2 Å². The van der Waals surface area contributed by atoms with Gasteiger partial charge < -0.3 is 9.88 Å². The van der Waals surface area contributed by atoms with Crippen LogP contribution >= 0.6 is 11.8 Å². The van der Waals surface area contributed by atoms with Crippen LogP contribution in [0.2, 0.25) is 0 Å². The van der Waals surface area contributed by atoms with Gasteiger partial charge in [0.25, 0.3) is 0 Å². The van der Waals surface area contributed by atoms with E-state index in [1.165, 1.54) is 30.3 Å². The number of thioether (sulfide) groups is 1. The molecule has 0 radical (unpaired) electrons. The second-order valence-electron chi connectivity index (χ2n) is 6.91. The molecule has 2 aliphatic rings. The van der Waals surface area contributed by atoms with Gasteiger partial charge in [-0.2, -0.15) is 0 Å². The number of amides is 1. The number of nitrogens with zero attached hydrogens (tertiary/aromatic N) is 2. The SMILES string of the molecule is Cc1nc(SCC(=O)N[C@]2(C)CCS(=O)(=O)C2)n(C2CC2)c1C. The minimum atomic E-state index is -3.02. The van der Waals surface area contributed by atoms with Crippen LogP contribution in [0, 0.1) is 13.8 Å². The molecule has 1 aliphatic carbocycles. The van der Waals surface area contributed by atoms with Crippen molar-refractivity contribution in [1.82, 2.24) is 14.9 Å². The van der Waals surface area contributed by atoms with Crippen LogP contribution in [0.1, 0.15) is 43.6 Å². The molecule has 6 nitrogen and oxygen atoms in total. The molecule has 2 heterocycles. The number of hydrogen-bond donors (Lipinski definition) is 1. The molecule has 23 heavy (non-hydrogen) atoms. The van der Waals surface area contributed by atoms with E-state index in [2.05, 4.69) is 21.8 Å². The van der Waals surface area contributed by atoms with E-state index in [1.807, 2.05) is 6.92 Å². The van der Waals surface area contributed by atoms with Crippen LogP contribution in [0.5, 0.6) is 0 Å². The highest BCUT2D eigenvalue weighted by molar-refractivity contribution is 7.99. The van der Waals surface area contributed by atoms with Gasteiger partial charge in [0.15, 0.2) is 15.0 Å². The van der Waals surface area contributed by atoms with Gasteiger partial charge >= 0.3 is 0 Å². The maximum Gasteiger partial charge on any atom is 0.230 e. The summed E-state index contributed by atoms with van der Waals surface area (Å²) in [5, 5.41) is 3.78. The van der Waals surface area contributed by atoms with Crippen LogP contribution in [0.4, 0.5) is 0 Å². The molecule has 1 amide bonds. The Labute approximate surface area is 141 Å². The lowest BCUT2D eigenvalue weighted by Gasteiger charge is -2.23. The number of nitrogens with one attached hydrogen (secondary N) is 1. The quantitative estimate of drug-likeness (QED) is 0.810. The molecular formula is C15H23N3O3S2. The van der Waals surface area contributed by atoms with Crippen LogP contribution in [-0.2, 0) is 14.6 Å². The Morgan fingerprint density at radius 3 is 2.70 bits per heavy atom. The second-order valence-corrected chi connectivity index (χ2v) is 10.0. The van der Waals surface area contributed by atoms with Crippen molar-refractivity contribution in [3.8, 4) is 0 Å². The number of rotatable bonds is 5. The third-order valence-corrected chi connectivity index (χ3v) is 7.40. The lowest BCUT2D eigenvalue weighted by atomic mass is 10.0. The average Bonchev–Trinajstić information content (AvgIpc) is 3.17. The van der Waals surface area contributed by atoms with E-state index in [0.29, 0.717) is 12.5 Å². The normalized spacial score (nSPS) is 26.4. The number of sulfone groups is 1. The van der Waals surface area contributed by atoms with E-state index in [-0.39, 0.29) is 23.2 Å². The molecule has 1 aromatic heterocycles. The zero-order valence-electron chi connectivity index (χ0n) is 13.8. The molecule has 0 spiro atoms. The molecule has 2 fully saturated rings. The Balaban J connectivity index is 1.61. The zero-order chi connectivity index (χ0) is 16.8. The van der Waals surface area contributed by atoms with E-state index in [9.17, 15) is 13.2 Å². The monoisotopic (exact) mass is 357 g/mol. The largest absolute Gasteiger partial charge is 0.349 e. The van der Waals surface area contributed by atoms with Gasteiger partial charge in [-0.3, -0.25) is 4.79 Å². The number of carbonyl (C=O) groups is 1. The molecule has 1 aliphatic heterocycles. The highest BCUT2D eigenvalue weighted by Gasteiger charge is 2.39. The molecule has 1 aromatic rings. The summed E-state index contributed by atoms with van der Waals surface area (Å²) >= 11 is 1.43. The third kappa shape index (κ3) is 3.74. The Bertz CT molecular complexity index is 737. The van der Waals surface area contributed by atoms with Gasteiger partial charge in [0.2, 0.25) is 5.91 Å². The number of aromatic nitrogens is 2. The third-order valence-electron chi connectivity index (χ3n) is 4.54. The first-order valence-electron chi connectivity index (χ1n) is 7.89. The molecule has 1 saturated carbocycles. The fourth-order valence-corrected chi connectivity index (χ4v) is 6.12. The van der Waals surface area contributed by atoms with Crippen molar-refractivity contribution >= 4 is 27.5 Å². The van der Waals surface area contributed by atoms with Crippen LogP contribution in [-0.4, -0.2) is 46.7 Å². The molecule has 1 saturated heterocycles. The Kier molecular flexibility index (Phi) is 4.25. The Hall–Kier alpha value is -1.02. The number of imidazole rings is 1. The Morgan fingerprint density at radius 2 is 2.13 bits per heavy atom. The van der Waals surface area contributed by atoms with Gasteiger partial charge in [0.1, 0.15) is 0 Å². The van der Waals surface area contributed by atoms with Gasteiger partial charge in [0.05, 0.1) is 28.5 Å². The minimum Gasteiger partial charge on any atom is -0.349 e. The Morgan fingerprint density at radius 1 is 1.43 bits per heavy atom. The van der Waals surface area contributed by atoms with Gasteiger partial charge in [-0.25, -0.2) is 13.4 Å². The summed E-state index contributed by atoms with van der Waals surface area (Å²) in [5.41, 5.74) is 1.55. The van der Waals surface area contributed by atoms with E-state index in [0.717, 1.165) is 10.9 Å². The molecular weight excluding hydrogens is 334 g/mol. The van der Waals surface area contributed by atoms with Crippen molar-refractivity contribution in [1.29, 1.82) is 0 Å². The zero-order valence-corrected chi connectivity index (χ0v) is 15.4. The van der Waals surface area contributed by atoms with Crippen LogP contribution in [0.25, 0.3) is 0 Å². The summed E-state index contributed by atoms with van der Waals surface area (Å²) in [7, 11) is -3.02. The number of hydrogen-bond acceptors (Lipinski definition) is 5. The standard InChI is InChI=1S/C15H23N3O3S2/c1-10-11(2)18(12-4-5-12)14(16-10)22-8-13(19)17-15(3)6-7-23(20,21)9-15/h12H,4-9H2,1-3H3,(H,17,19)/t15-/m1/s1. The topological polar surface area (TPSA) is 81.1 Å². The molecule has 8 heteroatoms. The lowest BCUT2D eigenvalue weighted by molar-refractivity contribution is -0.120. The van der Waals surface area contributed by atoms with Crippen molar-refractivity contribution in [2.45, 2.75) is 56.8 Å². The van der Waals surface area contributed by atoms with Crippen molar-refractivity contribution in [2.75, 3.05) is 17.3 Å². The molecule has 0 unspecified atom stereocenters. The second kappa shape index (κ2) is 5.81. The number of carbonyl (C=O) groups excluding carboxylic acids is 1. The first-order chi connectivity index (χ1) is 10.7. The van der Waals surface area contributed by atoms with Gasteiger partial charge in [0, 0.05) is 11.7 Å². The lowest BCUT2D eigenvalue weighted by Crippen LogP contribution is -2.47. The van der Waals surface area contributed by atoms with Crippen molar-refractivity contribution in [3.63, 3.8) is 0 Å². The fourth-order valence-electron chi connectivity index (χ4n) is 3.07. The maximum atomic E-state index is 12.2. The van der Waals surface area contributed by atoms with Gasteiger partial charge in [-0.15, -0.1) is 0 Å². The van der Waals surface area contributed by atoms with E-state index < -0.39 is 15.4 Å². The minimum absolute atomic E-state index is 0.0331. The molecule has 1 atom stereocenters. The summed E-state index contributed by atoms with van der Waals surface area (Å²) in [6.07, 6.45) is 2.83. The molecule has 0 aromatic carbocycles. The molecule has 128 valence electrons. The molecule has 1 N–H and O–H groups in total.